The Morgan fingerprint density at radius 1 is 1.19 bits per heavy atom. The van der Waals surface area contributed by atoms with Gasteiger partial charge in [-0.2, -0.15) is 0 Å². The van der Waals surface area contributed by atoms with Crippen molar-refractivity contribution < 1.29 is 4.74 Å². The Hall–Kier alpha value is -0.970. The third-order valence-corrected chi connectivity index (χ3v) is 5.09. The number of hydrogen-bond acceptors (Lipinski definition) is 3. The highest BCUT2D eigenvalue weighted by Crippen LogP contribution is 2.33. The predicted octanol–water partition coefficient (Wildman–Crippen LogP) is 4.86. The minimum absolute atomic E-state index is 0.725. The second kappa shape index (κ2) is 6.86. The molecule has 110 valence electrons. The topological polar surface area (TPSA) is 21.3 Å². The molecule has 0 amide bonds. The van der Waals surface area contributed by atoms with Gasteiger partial charge in [-0.05, 0) is 60.9 Å². The van der Waals surface area contributed by atoms with Crippen molar-refractivity contribution in [2.75, 3.05) is 7.11 Å². The van der Waals surface area contributed by atoms with Crippen LogP contribution in [0.2, 0.25) is 0 Å². The summed E-state index contributed by atoms with van der Waals surface area (Å²) in [6.45, 7) is 0.933. The van der Waals surface area contributed by atoms with Crippen molar-refractivity contribution in [3.05, 3.63) is 52.5 Å². The van der Waals surface area contributed by atoms with Crippen LogP contribution in [0.15, 0.2) is 56.7 Å². The maximum atomic E-state index is 5.21. The molecule has 0 atom stereocenters. The molecule has 1 saturated carbocycles. The standard InChI is InChI=1S/C17H18BrNOS/c1-20-15-5-7-16(8-6-15)21-17-9-2-13(18)10-12(17)11-19-14-3-4-14/h2,5-10,14,19H,3-4,11H2,1H3. The third-order valence-electron chi connectivity index (χ3n) is 3.47. The van der Waals surface area contributed by atoms with Crippen LogP contribution in [-0.2, 0) is 6.54 Å². The van der Waals surface area contributed by atoms with Crippen LogP contribution in [0.3, 0.4) is 0 Å². The van der Waals surface area contributed by atoms with Gasteiger partial charge in [-0.25, -0.2) is 0 Å². The van der Waals surface area contributed by atoms with Gasteiger partial charge < -0.3 is 10.1 Å². The molecule has 1 N–H and O–H groups in total. The zero-order valence-electron chi connectivity index (χ0n) is 11.9. The van der Waals surface area contributed by atoms with E-state index in [1.165, 1.54) is 28.2 Å². The van der Waals surface area contributed by atoms with Gasteiger partial charge in [-0.15, -0.1) is 0 Å². The quantitative estimate of drug-likeness (QED) is 0.791. The lowest BCUT2D eigenvalue weighted by Gasteiger charge is -2.11. The average molecular weight is 364 g/mol. The third kappa shape index (κ3) is 4.25. The monoisotopic (exact) mass is 363 g/mol. The predicted molar refractivity (Wildman–Crippen MR) is 91.1 cm³/mol. The summed E-state index contributed by atoms with van der Waals surface area (Å²) in [6.07, 6.45) is 2.63. The molecule has 2 aromatic rings. The number of methoxy groups -OCH3 is 1. The Kier molecular flexibility index (Phi) is 4.88. The van der Waals surface area contributed by atoms with Gasteiger partial charge in [-0.3, -0.25) is 0 Å². The molecule has 1 fully saturated rings. The van der Waals surface area contributed by atoms with Crippen LogP contribution < -0.4 is 10.1 Å². The smallest absolute Gasteiger partial charge is 0.118 e. The zero-order chi connectivity index (χ0) is 14.7. The number of halogens is 1. The van der Waals surface area contributed by atoms with Crippen LogP contribution in [0, 0.1) is 0 Å². The fraction of sp³-hybridized carbons (Fsp3) is 0.294. The minimum Gasteiger partial charge on any atom is -0.497 e. The molecule has 1 aliphatic rings. The largest absolute Gasteiger partial charge is 0.497 e. The van der Waals surface area contributed by atoms with Gasteiger partial charge in [0.05, 0.1) is 7.11 Å². The number of rotatable bonds is 6. The zero-order valence-corrected chi connectivity index (χ0v) is 14.3. The van der Waals surface area contributed by atoms with Gasteiger partial charge in [0.2, 0.25) is 0 Å². The fourth-order valence-corrected chi connectivity index (χ4v) is 3.43. The molecule has 4 heteroatoms. The maximum Gasteiger partial charge on any atom is 0.118 e. The van der Waals surface area contributed by atoms with Gasteiger partial charge in [-0.1, -0.05) is 27.7 Å². The van der Waals surface area contributed by atoms with Gasteiger partial charge in [0.15, 0.2) is 0 Å². The maximum absolute atomic E-state index is 5.21. The average Bonchev–Trinajstić information content (AvgIpc) is 3.32. The summed E-state index contributed by atoms with van der Waals surface area (Å²) in [5, 5.41) is 3.59. The van der Waals surface area contributed by atoms with Crippen LogP contribution in [-0.4, -0.2) is 13.2 Å². The van der Waals surface area contributed by atoms with E-state index in [9.17, 15) is 0 Å². The Balaban J connectivity index is 1.75. The van der Waals surface area contributed by atoms with Crippen molar-refractivity contribution in [3.63, 3.8) is 0 Å². The first-order valence-corrected chi connectivity index (χ1v) is 8.69. The highest BCUT2D eigenvalue weighted by Gasteiger charge is 2.20. The van der Waals surface area contributed by atoms with Crippen molar-refractivity contribution in [3.8, 4) is 5.75 Å². The second-order valence-electron chi connectivity index (χ2n) is 5.18. The lowest BCUT2D eigenvalue weighted by atomic mass is 10.2. The summed E-state index contributed by atoms with van der Waals surface area (Å²) < 4.78 is 6.34. The SMILES string of the molecule is COc1ccc(Sc2ccc(Br)cc2CNC2CC2)cc1. The number of nitrogens with one attached hydrogen (secondary N) is 1. The summed E-state index contributed by atoms with van der Waals surface area (Å²) in [5.41, 5.74) is 1.34. The van der Waals surface area contributed by atoms with Gasteiger partial charge in [0.25, 0.3) is 0 Å². The molecule has 1 aliphatic carbocycles. The lowest BCUT2D eigenvalue weighted by molar-refractivity contribution is 0.414. The van der Waals surface area contributed by atoms with E-state index in [1.807, 2.05) is 12.1 Å². The Bertz CT molecular complexity index is 611. The highest BCUT2D eigenvalue weighted by molar-refractivity contribution is 9.10. The van der Waals surface area contributed by atoms with Crippen LogP contribution in [0.5, 0.6) is 5.75 Å². The first-order chi connectivity index (χ1) is 10.2. The normalized spacial score (nSPS) is 14.2. The van der Waals surface area contributed by atoms with Crippen LogP contribution in [0.1, 0.15) is 18.4 Å². The Morgan fingerprint density at radius 2 is 1.95 bits per heavy atom. The molecule has 0 aliphatic heterocycles. The van der Waals surface area contributed by atoms with Gasteiger partial charge in [0.1, 0.15) is 5.75 Å². The van der Waals surface area contributed by atoms with E-state index in [0.717, 1.165) is 22.8 Å². The number of benzene rings is 2. The summed E-state index contributed by atoms with van der Waals surface area (Å²) in [4.78, 5) is 2.53. The molecule has 0 radical (unpaired) electrons. The van der Waals surface area contributed by atoms with E-state index in [1.54, 1.807) is 18.9 Å². The molecule has 0 aromatic heterocycles. The summed E-state index contributed by atoms with van der Waals surface area (Å²) >= 11 is 5.37. The number of hydrogen-bond donors (Lipinski definition) is 1. The van der Waals surface area contributed by atoms with Crippen molar-refractivity contribution in [1.82, 2.24) is 5.32 Å². The van der Waals surface area contributed by atoms with E-state index in [4.69, 9.17) is 4.74 Å². The molecule has 0 saturated heterocycles. The van der Waals surface area contributed by atoms with E-state index in [-0.39, 0.29) is 0 Å². The van der Waals surface area contributed by atoms with Gasteiger partial charge in [0, 0.05) is 26.9 Å². The van der Waals surface area contributed by atoms with E-state index >= 15 is 0 Å². The molecular weight excluding hydrogens is 346 g/mol. The highest BCUT2D eigenvalue weighted by atomic mass is 79.9. The summed E-state index contributed by atoms with van der Waals surface area (Å²) in [7, 11) is 1.69. The molecule has 0 bridgehead atoms. The molecule has 21 heavy (non-hydrogen) atoms. The molecule has 2 nitrogen and oxygen atoms in total. The van der Waals surface area contributed by atoms with Crippen molar-refractivity contribution in [1.29, 1.82) is 0 Å². The Labute approximate surface area is 138 Å². The minimum atomic E-state index is 0.725. The van der Waals surface area contributed by atoms with Crippen LogP contribution >= 0.6 is 27.7 Å². The van der Waals surface area contributed by atoms with Crippen molar-refractivity contribution in [2.24, 2.45) is 0 Å². The first kappa shape index (κ1) is 14.9. The van der Waals surface area contributed by atoms with Crippen LogP contribution in [0.4, 0.5) is 0 Å². The van der Waals surface area contributed by atoms with E-state index in [0.29, 0.717) is 0 Å². The second-order valence-corrected chi connectivity index (χ2v) is 7.22. The van der Waals surface area contributed by atoms with Gasteiger partial charge >= 0.3 is 0 Å². The molecule has 0 spiro atoms. The molecule has 0 unspecified atom stereocenters. The van der Waals surface area contributed by atoms with E-state index < -0.39 is 0 Å². The van der Waals surface area contributed by atoms with E-state index in [2.05, 4.69) is 51.6 Å². The molecule has 0 heterocycles. The number of ether oxygens (including phenoxy) is 1. The van der Waals surface area contributed by atoms with Crippen molar-refractivity contribution in [2.45, 2.75) is 35.2 Å². The first-order valence-electron chi connectivity index (χ1n) is 7.08. The molecular formula is C17H18BrNOS. The van der Waals surface area contributed by atoms with Crippen LogP contribution in [0.25, 0.3) is 0 Å². The Morgan fingerprint density at radius 3 is 2.62 bits per heavy atom. The lowest BCUT2D eigenvalue weighted by Crippen LogP contribution is -2.15. The molecule has 3 rings (SSSR count). The van der Waals surface area contributed by atoms with Crippen molar-refractivity contribution >= 4 is 27.7 Å². The fourth-order valence-electron chi connectivity index (χ4n) is 2.10. The summed E-state index contributed by atoms with van der Waals surface area (Å²) in [6, 6.07) is 15.4. The summed E-state index contributed by atoms with van der Waals surface area (Å²) in [5.74, 6) is 0.894. The molecule has 2 aromatic carbocycles.